The first-order chi connectivity index (χ1) is 25.0. The predicted molar refractivity (Wildman–Crippen MR) is 196 cm³/mol. The molecule has 2 aromatic rings. The van der Waals surface area contributed by atoms with E-state index < -0.39 is 80.4 Å². The van der Waals surface area contributed by atoms with Crippen molar-refractivity contribution in [3.05, 3.63) is 43.1 Å². The number of hydrogen-bond acceptors (Lipinski definition) is 11. The molecule has 3 aliphatic rings. The molecule has 0 spiro atoms. The van der Waals surface area contributed by atoms with Crippen molar-refractivity contribution in [2.24, 2.45) is 5.92 Å². The standard InChI is InChI=1S/C37H51N5O10S/c1-8-10-17-50-22(3)30(39-35(46)52-36(4,5)6)33(44)42-21-26(51-32-28-14-11-25(49-7)18-23(28)15-16-38-32)19-29(42)31(43)40-37(20-24(37)9-2)34(45)41-53(47,48)27-12-13-27/h9,11,14-16,18,22,24,26-27,29-30H,2,8,10,12-13,17,19-21H2,1,3-7H3,(H,39,46)(H,40,43)(H,41,45)/t22-,24-,26-,29+,30+,37-/m1/s1. The second-order valence-electron chi connectivity index (χ2n) is 14.9. The van der Waals surface area contributed by atoms with Gasteiger partial charge < -0.3 is 34.5 Å². The van der Waals surface area contributed by atoms with Gasteiger partial charge in [0.05, 0.1) is 25.0 Å². The van der Waals surface area contributed by atoms with Crippen LogP contribution in [0.3, 0.4) is 0 Å². The average molecular weight is 758 g/mol. The first-order valence-electron chi connectivity index (χ1n) is 18.0. The number of nitrogens with one attached hydrogen (secondary N) is 3. The van der Waals surface area contributed by atoms with Crippen LogP contribution in [0, 0.1) is 5.92 Å². The molecule has 0 radical (unpaired) electrons. The van der Waals surface area contributed by atoms with Crippen molar-refractivity contribution < 1.29 is 46.5 Å². The SMILES string of the molecule is C=C[C@@H]1C[C@]1(NC(=O)[C@@H]1C[C@@H](Oc2nccc3cc(OC)ccc23)CN1C(=O)[C@@H](NC(=O)OC(C)(C)C)[C@@H](C)OCCCC)C(=O)NS(=O)(=O)C1CC1. The number of sulfonamides is 1. The summed E-state index contributed by atoms with van der Waals surface area (Å²) in [6, 6.07) is 4.75. The van der Waals surface area contributed by atoms with E-state index in [1.54, 1.807) is 59.2 Å². The highest BCUT2D eigenvalue weighted by Gasteiger charge is 2.62. The second-order valence-corrected chi connectivity index (χ2v) is 16.9. The van der Waals surface area contributed by atoms with Crippen LogP contribution < -0.4 is 24.8 Å². The van der Waals surface area contributed by atoms with Crippen molar-refractivity contribution in [1.82, 2.24) is 25.2 Å². The molecular weight excluding hydrogens is 706 g/mol. The molecule has 2 aliphatic carbocycles. The van der Waals surface area contributed by atoms with E-state index in [4.69, 9.17) is 18.9 Å². The normalized spacial score (nSPS) is 23.7. The molecular formula is C37H51N5O10S. The second kappa shape index (κ2) is 15.9. The number of carbonyl (C=O) groups is 4. The zero-order chi connectivity index (χ0) is 38.7. The predicted octanol–water partition coefficient (Wildman–Crippen LogP) is 3.36. The molecule has 4 amide bonds. The molecule has 0 unspecified atom stereocenters. The molecule has 3 N–H and O–H groups in total. The number of amides is 4. The molecule has 16 heteroatoms. The van der Waals surface area contributed by atoms with Crippen molar-refractivity contribution in [2.75, 3.05) is 20.3 Å². The number of carbonyl (C=O) groups excluding carboxylic acids is 4. The Kier molecular flexibility index (Phi) is 11.9. The van der Waals surface area contributed by atoms with E-state index in [2.05, 4.69) is 26.9 Å². The van der Waals surface area contributed by atoms with E-state index in [-0.39, 0.29) is 25.3 Å². The molecule has 1 aliphatic heterocycles. The van der Waals surface area contributed by atoms with Crippen LogP contribution in [0.4, 0.5) is 4.79 Å². The number of benzene rings is 1. The Hall–Kier alpha value is -4.44. The smallest absolute Gasteiger partial charge is 0.408 e. The fourth-order valence-electron chi connectivity index (χ4n) is 6.40. The number of likely N-dealkylation sites (tertiary alicyclic amines) is 1. The molecule has 0 bridgehead atoms. The Labute approximate surface area is 310 Å². The van der Waals surface area contributed by atoms with Crippen LogP contribution in [0.2, 0.25) is 0 Å². The van der Waals surface area contributed by atoms with Crippen LogP contribution in [0.1, 0.15) is 73.1 Å². The summed E-state index contributed by atoms with van der Waals surface area (Å²) in [7, 11) is -2.35. The average Bonchev–Trinajstić information content (AvgIpc) is 4.03. The number of pyridine rings is 1. The first-order valence-corrected chi connectivity index (χ1v) is 19.6. The van der Waals surface area contributed by atoms with Crippen molar-refractivity contribution >= 4 is 44.6 Å². The maximum absolute atomic E-state index is 14.6. The van der Waals surface area contributed by atoms with Crippen LogP contribution >= 0.6 is 0 Å². The number of alkyl carbamates (subject to hydrolysis) is 1. The highest BCUT2D eigenvalue weighted by atomic mass is 32.2. The number of aromatic nitrogens is 1. The Morgan fingerprint density at radius 3 is 2.53 bits per heavy atom. The number of methoxy groups -OCH3 is 1. The van der Waals surface area contributed by atoms with Crippen LogP contribution in [-0.4, -0.2) is 103 Å². The van der Waals surface area contributed by atoms with E-state index >= 15 is 0 Å². The number of ether oxygens (including phenoxy) is 4. The van der Waals surface area contributed by atoms with Crippen LogP contribution in [0.15, 0.2) is 43.1 Å². The van der Waals surface area contributed by atoms with E-state index in [1.807, 2.05) is 13.0 Å². The summed E-state index contributed by atoms with van der Waals surface area (Å²) in [6.07, 6.45) is 3.24. The van der Waals surface area contributed by atoms with Gasteiger partial charge >= 0.3 is 6.09 Å². The fourth-order valence-corrected chi connectivity index (χ4v) is 7.77. The molecule has 1 aromatic carbocycles. The van der Waals surface area contributed by atoms with Gasteiger partial charge in [-0.05, 0) is 83.0 Å². The molecule has 1 aromatic heterocycles. The largest absolute Gasteiger partial charge is 0.497 e. The van der Waals surface area contributed by atoms with Crippen molar-refractivity contribution in [2.45, 2.75) is 114 Å². The van der Waals surface area contributed by atoms with E-state index in [1.165, 1.54) is 11.0 Å². The Morgan fingerprint density at radius 2 is 1.91 bits per heavy atom. The van der Waals surface area contributed by atoms with Gasteiger partial charge in [-0.15, -0.1) is 6.58 Å². The highest BCUT2D eigenvalue weighted by molar-refractivity contribution is 7.91. The minimum Gasteiger partial charge on any atom is -0.497 e. The van der Waals surface area contributed by atoms with Gasteiger partial charge in [0, 0.05) is 30.5 Å². The quantitative estimate of drug-likeness (QED) is 0.168. The fraction of sp³-hybridized carbons (Fsp3) is 0.595. The lowest BCUT2D eigenvalue weighted by Gasteiger charge is -2.32. The summed E-state index contributed by atoms with van der Waals surface area (Å²) in [5.41, 5.74) is -2.43. The topological polar surface area (TPSA) is 192 Å². The molecule has 6 atom stereocenters. The van der Waals surface area contributed by atoms with E-state index in [9.17, 15) is 27.6 Å². The Morgan fingerprint density at radius 1 is 1.17 bits per heavy atom. The van der Waals surface area contributed by atoms with Crippen molar-refractivity contribution in [3.63, 3.8) is 0 Å². The van der Waals surface area contributed by atoms with Gasteiger partial charge in [-0.1, -0.05) is 19.4 Å². The lowest BCUT2D eigenvalue weighted by Crippen LogP contribution is -2.60. The van der Waals surface area contributed by atoms with Gasteiger partial charge in [-0.3, -0.25) is 19.1 Å². The summed E-state index contributed by atoms with van der Waals surface area (Å²) >= 11 is 0. The van der Waals surface area contributed by atoms with Crippen molar-refractivity contribution in [3.8, 4) is 11.6 Å². The minimum atomic E-state index is -3.91. The summed E-state index contributed by atoms with van der Waals surface area (Å²) in [6.45, 7) is 12.7. The lowest BCUT2D eigenvalue weighted by atomic mass is 10.1. The van der Waals surface area contributed by atoms with Gasteiger partial charge in [-0.25, -0.2) is 18.2 Å². The Bertz CT molecular complexity index is 1830. The summed E-state index contributed by atoms with van der Waals surface area (Å²) in [5, 5.41) is 6.26. The molecule has 2 saturated carbocycles. The molecule has 1 saturated heterocycles. The van der Waals surface area contributed by atoms with Gasteiger partial charge in [0.1, 0.15) is 35.1 Å². The number of nitrogens with zero attached hydrogens (tertiary/aromatic N) is 2. The lowest BCUT2D eigenvalue weighted by molar-refractivity contribution is -0.143. The van der Waals surface area contributed by atoms with Gasteiger partial charge in [0.2, 0.25) is 27.7 Å². The monoisotopic (exact) mass is 757 g/mol. The van der Waals surface area contributed by atoms with E-state index in [0.717, 1.165) is 18.2 Å². The minimum absolute atomic E-state index is 0.00709. The van der Waals surface area contributed by atoms with Gasteiger partial charge in [-0.2, -0.15) is 0 Å². The van der Waals surface area contributed by atoms with Gasteiger partial charge in [0.15, 0.2) is 0 Å². The maximum Gasteiger partial charge on any atom is 0.408 e. The molecule has 290 valence electrons. The highest BCUT2D eigenvalue weighted by Crippen LogP contribution is 2.45. The number of rotatable bonds is 16. The van der Waals surface area contributed by atoms with E-state index in [0.29, 0.717) is 30.6 Å². The number of hydrogen-bond donors (Lipinski definition) is 3. The zero-order valence-corrected chi connectivity index (χ0v) is 32.0. The van der Waals surface area contributed by atoms with Gasteiger partial charge in [0.25, 0.3) is 5.91 Å². The van der Waals surface area contributed by atoms with Crippen molar-refractivity contribution in [1.29, 1.82) is 0 Å². The first kappa shape index (κ1) is 39.8. The van der Waals surface area contributed by atoms with Crippen LogP contribution in [0.5, 0.6) is 11.6 Å². The molecule has 53 heavy (non-hydrogen) atoms. The number of unbranched alkanes of at least 4 members (excludes halogenated alkanes) is 1. The summed E-state index contributed by atoms with van der Waals surface area (Å²) < 4.78 is 50.7. The zero-order valence-electron chi connectivity index (χ0n) is 31.2. The third kappa shape index (κ3) is 9.39. The Balaban J connectivity index is 1.45. The third-order valence-electron chi connectivity index (χ3n) is 9.60. The summed E-state index contributed by atoms with van der Waals surface area (Å²) in [5.74, 6) is -1.80. The molecule has 2 heterocycles. The van der Waals surface area contributed by atoms with Crippen LogP contribution in [0.25, 0.3) is 10.8 Å². The molecule has 3 fully saturated rings. The summed E-state index contributed by atoms with van der Waals surface area (Å²) in [4.78, 5) is 61.1. The maximum atomic E-state index is 14.6. The van der Waals surface area contributed by atoms with Crippen LogP contribution in [-0.2, 0) is 33.9 Å². The molecule has 5 rings (SSSR count). The number of fused-ring (bicyclic) bond motifs is 1. The molecule has 15 nitrogen and oxygen atoms in total. The third-order valence-corrected chi connectivity index (χ3v) is 11.4.